The van der Waals surface area contributed by atoms with Crippen LogP contribution in [0.25, 0.3) is 0 Å². The maximum atomic E-state index is 6.17. The number of aliphatic imine (C=N–C) groups is 1. The summed E-state index contributed by atoms with van der Waals surface area (Å²) in [6.07, 6.45) is 3.96. The summed E-state index contributed by atoms with van der Waals surface area (Å²) in [5, 5.41) is 9.13. The van der Waals surface area contributed by atoms with Crippen molar-refractivity contribution in [1.29, 1.82) is 0 Å². The molecule has 1 aromatic carbocycles. The monoisotopic (exact) mass is 570 g/mol. The number of nitrogens with one attached hydrogen (secondary N) is 2. The molecule has 2 aromatic rings. The molecule has 1 aromatic heterocycles. The summed E-state index contributed by atoms with van der Waals surface area (Å²) < 4.78 is 11.7. The smallest absolute Gasteiger partial charge is 0.191 e. The Hall–Kier alpha value is -1.36. The highest BCUT2D eigenvalue weighted by atomic mass is 127. The minimum Gasteiger partial charge on any atom is -0.490 e. The normalized spacial score (nSPS) is 18.3. The lowest BCUT2D eigenvalue weighted by Gasteiger charge is -2.34. The Morgan fingerprint density at radius 1 is 1.19 bits per heavy atom. The molecule has 8 heteroatoms. The van der Waals surface area contributed by atoms with E-state index in [1.54, 1.807) is 0 Å². The van der Waals surface area contributed by atoms with E-state index in [0.717, 1.165) is 69.5 Å². The first-order valence-corrected chi connectivity index (χ1v) is 12.3. The SMILES string of the molecule is CCNC(=NCc1ccccc1OC1CCC1)NCC(c1cccs1)N1CCOCC1.I. The largest absolute Gasteiger partial charge is 0.490 e. The summed E-state index contributed by atoms with van der Waals surface area (Å²) in [5.41, 5.74) is 1.13. The summed E-state index contributed by atoms with van der Waals surface area (Å²) in [6, 6.07) is 13.0. The molecule has 176 valence electrons. The number of rotatable bonds is 9. The van der Waals surface area contributed by atoms with Crippen LogP contribution in [0.3, 0.4) is 0 Å². The molecule has 1 unspecified atom stereocenters. The zero-order chi connectivity index (χ0) is 21.3. The van der Waals surface area contributed by atoms with Crippen molar-refractivity contribution in [2.45, 2.75) is 44.9 Å². The Morgan fingerprint density at radius 2 is 2.00 bits per heavy atom. The van der Waals surface area contributed by atoms with Crippen LogP contribution in [-0.4, -0.2) is 56.4 Å². The molecule has 1 atom stereocenters. The van der Waals surface area contributed by atoms with Gasteiger partial charge in [-0.2, -0.15) is 0 Å². The molecule has 0 amide bonds. The van der Waals surface area contributed by atoms with Crippen molar-refractivity contribution in [3.05, 3.63) is 52.2 Å². The highest BCUT2D eigenvalue weighted by molar-refractivity contribution is 14.0. The van der Waals surface area contributed by atoms with Gasteiger partial charge in [-0.3, -0.25) is 4.90 Å². The maximum absolute atomic E-state index is 6.17. The van der Waals surface area contributed by atoms with E-state index in [2.05, 4.69) is 58.2 Å². The summed E-state index contributed by atoms with van der Waals surface area (Å²) in [4.78, 5) is 8.76. The number of halogens is 1. The molecule has 1 aliphatic carbocycles. The van der Waals surface area contributed by atoms with Crippen LogP contribution in [0.1, 0.15) is 42.7 Å². The molecule has 1 saturated carbocycles. The molecule has 0 bridgehead atoms. The van der Waals surface area contributed by atoms with Crippen molar-refractivity contribution in [2.75, 3.05) is 39.4 Å². The number of para-hydroxylation sites is 1. The molecular weight excluding hydrogens is 535 g/mol. The maximum Gasteiger partial charge on any atom is 0.191 e. The van der Waals surface area contributed by atoms with E-state index >= 15 is 0 Å². The van der Waals surface area contributed by atoms with E-state index in [1.807, 2.05) is 17.4 Å². The van der Waals surface area contributed by atoms with Gasteiger partial charge >= 0.3 is 0 Å². The molecular formula is C24H35IN4O2S. The summed E-state index contributed by atoms with van der Waals surface area (Å²) in [7, 11) is 0. The number of benzene rings is 1. The van der Waals surface area contributed by atoms with Gasteiger partial charge in [-0.05, 0) is 43.7 Å². The van der Waals surface area contributed by atoms with Crippen LogP contribution < -0.4 is 15.4 Å². The first kappa shape index (κ1) is 25.3. The number of hydrogen-bond acceptors (Lipinski definition) is 5. The highest BCUT2D eigenvalue weighted by Gasteiger charge is 2.24. The predicted molar refractivity (Wildman–Crippen MR) is 142 cm³/mol. The lowest BCUT2D eigenvalue weighted by Crippen LogP contribution is -2.46. The number of morpholine rings is 1. The second-order valence-corrected chi connectivity index (χ2v) is 9.01. The van der Waals surface area contributed by atoms with Gasteiger partial charge in [0.2, 0.25) is 0 Å². The Labute approximate surface area is 212 Å². The second kappa shape index (κ2) is 13.4. The van der Waals surface area contributed by atoms with E-state index < -0.39 is 0 Å². The van der Waals surface area contributed by atoms with Crippen molar-refractivity contribution < 1.29 is 9.47 Å². The van der Waals surface area contributed by atoms with Crippen molar-refractivity contribution in [2.24, 2.45) is 4.99 Å². The van der Waals surface area contributed by atoms with Crippen LogP contribution in [0.2, 0.25) is 0 Å². The van der Waals surface area contributed by atoms with Crippen molar-refractivity contribution in [3.63, 3.8) is 0 Å². The van der Waals surface area contributed by atoms with Gasteiger partial charge in [0, 0.05) is 36.6 Å². The fraction of sp³-hybridized carbons (Fsp3) is 0.542. The minimum absolute atomic E-state index is 0. The molecule has 0 radical (unpaired) electrons. The van der Waals surface area contributed by atoms with E-state index in [0.29, 0.717) is 18.7 Å². The third-order valence-corrected chi connectivity index (χ3v) is 6.86. The van der Waals surface area contributed by atoms with Gasteiger partial charge in [-0.25, -0.2) is 4.99 Å². The third kappa shape index (κ3) is 7.07. The van der Waals surface area contributed by atoms with Gasteiger partial charge < -0.3 is 20.1 Å². The van der Waals surface area contributed by atoms with Gasteiger partial charge in [-0.15, -0.1) is 35.3 Å². The van der Waals surface area contributed by atoms with E-state index in [-0.39, 0.29) is 24.0 Å². The topological polar surface area (TPSA) is 58.1 Å². The molecule has 32 heavy (non-hydrogen) atoms. The number of guanidine groups is 1. The average Bonchev–Trinajstić information content (AvgIpc) is 3.30. The van der Waals surface area contributed by atoms with E-state index in [4.69, 9.17) is 14.5 Å². The number of nitrogens with zero attached hydrogens (tertiary/aromatic N) is 2. The summed E-state index contributed by atoms with van der Waals surface area (Å²) >= 11 is 1.82. The lowest BCUT2D eigenvalue weighted by atomic mass is 9.96. The van der Waals surface area contributed by atoms with Gasteiger partial charge in [0.1, 0.15) is 5.75 Å². The van der Waals surface area contributed by atoms with Gasteiger partial charge in [-0.1, -0.05) is 24.3 Å². The molecule has 6 nitrogen and oxygen atoms in total. The van der Waals surface area contributed by atoms with Crippen LogP contribution in [0.15, 0.2) is 46.8 Å². The number of thiophene rings is 1. The van der Waals surface area contributed by atoms with Crippen LogP contribution in [0.5, 0.6) is 5.75 Å². The van der Waals surface area contributed by atoms with Crippen LogP contribution in [-0.2, 0) is 11.3 Å². The highest BCUT2D eigenvalue weighted by Crippen LogP contribution is 2.28. The molecule has 4 rings (SSSR count). The summed E-state index contributed by atoms with van der Waals surface area (Å²) in [5.74, 6) is 1.81. The van der Waals surface area contributed by atoms with E-state index in [9.17, 15) is 0 Å². The molecule has 1 aliphatic heterocycles. The van der Waals surface area contributed by atoms with E-state index in [1.165, 1.54) is 11.3 Å². The molecule has 2 N–H and O–H groups in total. The van der Waals surface area contributed by atoms with Crippen LogP contribution >= 0.6 is 35.3 Å². The van der Waals surface area contributed by atoms with Crippen LogP contribution in [0, 0.1) is 0 Å². The first-order chi connectivity index (χ1) is 15.3. The molecule has 2 fully saturated rings. The van der Waals surface area contributed by atoms with Crippen LogP contribution in [0.4, 0.5) is 0 Å². The Bertz CT molecular complexity index is 823. The average molecular weight is 571 g/mol. The zero-order valence-corrected chi connectivity index (χ0v) is 21.9. The Morgan fingerprint density at radius 3 is 2.69 bits per heavy atom. The van der Waals surface area contributed by atoms with Gasteiger partial charge in [0.25, 0.3) is 0 Å². The fourth-order valence-corrected chi connectivity index (χ4v) is 4.76. The molecule has 1 saturated heterocycles. The second-order valence-electron chi connectivity index (χ2n) is 8.03. The number of hydrogen-bond donors (Lipinski definition) is 2. The minimum atomic E-state index is 0. The Balaban J connectivity index is 0.00000289. The predicted octanol–water partition coefficient (Wildman–Crippen LogP) is 4.43. The number of ether oxygens (including phenoxy) is 2. The Kier molecular flexibility index (Phi) is 10.6. The van der Waals surface area contributed by atoms with Crippen molar-refractivity contribution in [3.8, 4) is 5.75 Å². The molecule has 2 heterocycles. The zero-order valence-electron chi connectivity index (χ0n) is 18.8. The summed E-state index contributed by atoms with van der Waals surface area (Å²) in [6.45, 7) is 7.86. The first-order valence-electron chi connectivity index (χ1n) is 11.5. The molecule has 2 aliphatic rings. The quantitative estimate of drug-likeness (QED) is 0.266. The van der Waals surface area contributed by atoms with Crippen molar-refractivity contribution >= 4 is 41.3 Å². The fourth-order valence-electron chi connectivity index (χ4n) is 3.90. The van der Waals surface area contributed by atoms with Crippen molar-refractivity contribution in [1.82, 2.24) is 15.5 Å². The standard InChI is InChI=1S/C24H34N4O2S.HI/c1-2-25-24(26-17-19-7-3-4-10-22(19)30-20-8-5-9-20)27-18-21(23-11-6-16-31-23)28-12-14-29-15-13-28;/h3-4,6-7,10-11,16,20-21H,2,5,8-9,12-15,17-18H2,1H3,(H2,25,26,27);1H. The lowest BCUT2D eigenvalue weighted by molar-refractivity contribution is 0.0177. The van der Waals surface area contributed by atoms with Gasteiger partial charge in [0.05, 0.1) is 31.9 Å². The van der Waals surface area contributed by atoms with Gasteiger partial charge in [0.15, 0.2) is 5.96 Å². The third-order valence-electron chi connectivity index (χ3n) is 5.89. The molecule has 0 spiro atoms.